The van der Waals surface area contributed by atoms with Crippen molar-refractivity contribution in [3.8, 4) is 0 Å². The minimum atomic E-state index is -1.17. The number of carbonyl (C=O) groups excluding carboxylic acids is 1. The lowest BCUT2D eigenvalue weighted by atomic mass is 9.83. The lowest BCUT2D eigenvalue weighted by Crippen LogP contribution is -2.48. The molecule has 5 heteroatoms. The quantitative estimate of drug-likeness (QED) is 0.561. The third kappa shape index (κ3) is 3.08. The predicted octanol–water partition coefficient (Wildman–Crippen LogP) is -0.413. The molecule has 0 aliphatic carbocycles. The molecule has 5 N–H and O–H groups in total. The predicted molar refractivity (Wildman–Crippen MR) is 52.6 cm³/mol. The van der Waals surface area contributed by atoms with Gasteiger partial charge in [0.15, 0.2) is 5.78 Å². The maximum absolute atomic E-state index is 11.6. The molecular weight excluding hydrogens is 184 g/mol. The minimum Gasteiger partial charge on any atom is -0.480 e. The number of carboxylic acid groups (broad SMARTS) is 1. The minimum absolute atomic E-state index is 0.125. The summed E-state index contributed by atoms with van der Waals surface area (Å²) in [7, 11) is 0. The van der Waals surface area contributed by atoms with Gasteiger partial charge < -0.3 is 16.6 Å². The zero-order chi connectivity index (χ0) is 11.5. The SMILES string of the molecule is CC(C)[C@H](C(=O)[C@H](C)N)[C@H](N)C(=O)O. The van der Waals surface area contributed by atoms with E-state index < -0.39 is 24.0 Å². The molecule has 0 aromatic rings. The fourth-order valence-electron chi connectivity index (χ4n) is 1.38. The normalized spacial score (nSPS) is 17.6. The number of carbonyl (C=O) groups is 2. The van der Waals surface area contributed by atoms with Gasteiger partial charge in [-0.25, -0.2) is 0 Å². The van der Waals surface area contributed by atoms with Gasteiger partial charge in [-0.05, 0) is 12.8 Å². The van der Waals surface area contributed by atoms with Crippen molar-refractivity contribution in [2.24, 2.45) is 23.3 Å². The highest BCUT2D eigenvalue weighted by Gasteiger charge is 2.34. The Bertz CT molecular complexity index is 226. The summed E-state index contributed by atoms with van der Waals surface area (Å²) in [5, 5.41) is 8.71. The van der Waals surface area contributed by atoms with Crippen molar-refractivity contribution < 1.29 is 14.7 Å². The van der Waals surface area contributed by atoms with Gasteiger partial charge in [-0.3, -0.25) is 9.59 Å². The van der Waals surface area contributed by atoms with E-state index in [0.29, 0.717) is 0 Å². The largest absolute Gasteiger partial charge is 0.480 e. The monoisotopic (exact) mass is 202 g/mol. The van der Waals surface area contributed by atoms with Gasteiger partial charge in [0, 0.05) is 5.92 Å². The number of rotatable bonds is 5. The smallest absolute Gasteiger partial charge is 0.321 e. The Labute approximate surface area is 83.5 Å². The Kier molecular flexibility index (Phi) is 4.73. The second kappa shape index (κ2) is 5.07. The molecule has 0 saturated heterocycles. The van der Waals surface area contributed by atoms with Crippen LogP contribution >= 0.6 is 0 Å². The van der Waals surface area contributed by atoms with Crippen LogP contribution in [-0.2, 0) is 9.59 Å². The first-order valence-corrected chi connectivity index (χ1v) is 4.56. The van der Waals surface area contributed by atoms with Crippen molar-refractivity contribution in [1.82, 2.24) is 0 Å². The summed E-state index contributed by atoms with van der Waals surface area (Å²) in [6.45, 7) is 5.05. The molecule has 3 atom stereocenters. The lowest BCUT2D eigenvalue weighted by molar-refractivity contribution is -0.143. The highest BCUT2D eigenvalue weighted by Crippen LogP contribution is 2.17. The summed E-state index contributed by atoms with van der Waals surface area (Å²) in [4.78, 5) is 22.2. The van der Waals surface area contributed by atoms with Crippen LogP contribution < -0.4 is 11.5 Å². The van der Waals surface area contributed by atoms with Crippen LogP contribution in [0.25, 0.3) is 0 Å². The molecule has 14 heavy (non-hydrogen) atoms. The van der Waals surface area contributed by atoms with E-state index in [0.717, 1.165) is 0 Å². The number of hydrogen-bond donors (Lipinski definition) is 3. The van der Waals surface area contributed by atoms with Crippen LogP contribution in [0.5, 0.6) is 0 Å². The van der Waals surface area contributed by atoms with Gasteiger partial charge in [0.05, 0.1) is 6.04 Å². The van der Waals surface area contributed by atoms with Crippen LogP contribution in [0.3, 0.4) is 0 Å². The van der Waals surface area contributed by atoms with Gasteiger partial charge in [0.1, 0.15) is 6.04 Å². The molecule has 0 saturated carbocycles. The molecule has 82 valence electrons. The highest BCUT2D eigenvalue weighted by atomic mass is 16.4. The van der Waals surface area contributed by atoms with Gasteiger partial charge >= 0.3 is 5.97 Å². The maximum atomic E-state index is 11.6. The van der Waals surface area contributed by atoms with Crippen molar-refractivity contribution in [1.29, 1.82) is 0 Å². The number of ketones is 1. The second-order valence-corrected chi connectivity index (χ2v) is 3.82. The molecular formula is C9H18N2O3. The van der Waals surface area contributed by atoms with Gasteiger partial charge in [-0.1, -0.05) is 13.8 Å². The number of hydrogen-bond acceptors (Lipinski definition) is 4. The van der Waals surface area contributed by atoms with Gasteiger partial charge in [0.2, 0.25) is 0 Å². The summed E-state index contributed by atoms with van der Waals surface area (Å²) in [5.41, 5.74) is 10.8. The molecule has 0 amide bonds. The summed E-state index contributed by atoms with van der Waals surface area (Å²) in [6.07, 6.45) is 0. The van der Waals surface area contributed by atoms with Gasteiger partial charge in [0.25, 0.3) is 0 Å². The van der Waals surface area contributed by atoms with Crippen molar-refractivity contribution in [2.75, 3.05) is 0 Å². The molecule has 0 aliphatic heterocycles. The molecule has 5 nitrogen and oxygen atoms in total. The number of nitrogens with two attached hydrogens (primary N) is 2. The molecule has 0 aliphatic rings. The fourth-order valence-corrected chi connectivity index (χ4v) is 1.38. The maximum Gasteiger partial charge on any atom is 0.321 e. The molecule has 0 rings (SSSR count). The summed E-state index contributed by atoms with van der Waals surface area (Å²) < 4.78 is 0. The van der Waals surface area contributed by atoms with Crippen LogP contribution in [0, 0.1) is 11.8 Å². The van der Waals surface area contributed by atoms with Crippen LogP contribution in [0.4, 0.5) is 0 Å². The van der Waals surface area contributed by atoms with E-state index in [1.54, 1.807) is 13.8 Å². The molecule has 0 unspecified atom stereocenters. The average Bonchev–Trinajstić information content (AvgIpc) is 2.03. The van der Waals surface area contributed by atoms with Crippen molar-refractivity contribution in [2.45, 2.75) is 32.9 Å². The average molecular weight is 202 g/mol. The molecule has 0 aromatic heterocycles. The topological polar surface area (TPSA) is 106 Å². The zero-order valence-corrected chi connectivity index (χ0v) is 8.73. The molecule has 0 aromatic carbocycles. The second-order valence-electron chi connectivity index (χ2n) is 3.82. The van der Waals surface area contributed by atoms with E-state index in [1.807, 2.05) is 0 Å². The summed E-state index contributed by atoms with van der Waals surface area (Å²) >= 11 is 0. The number of Topliss-reactive ketones (excluding diaryl/α,β-unsaturated/α-hetero) is 1. The molecule has 0 radical (unpaired) electrons. The number of aliphatic carboxylic acids is 1. The van der Waals surface area contributed by atoms with Crippen molar-refractivity contribution in [3.63, 3.8) is 0 Å². The van der Waals surface area contributed by atoms with Crippen LogP contribution in [0.2, 0.25) is 0 Å². The molecule has 0 spiro atoms. The van der Waals surface area contributed by atoms with E-state index in [4.69, 9.17) is 16.6 Å². The first-order chi connectivity index (χ1) is 6.29. The Morgan fingerprint density at radius 1 is 1.14 bits per heavy atom. The Balaban J connectivity index is 4.77. The first kappa shape index (κ1) is 13.1. The molecule has 0 bridgehead atoms. The van der Waals surface area contributed by atoms with E-state index in [9.17, 15) is 9.59 Å². The van der Waals surface area contributed by atoms with E-state index >= 15 is 0 Å². The van der Waals surface area contributed by atoms with Gasteiger partial charge in [-0.2, -0.15) is 0 Å². The third-order valence-corrected chi connectivity index (χ3v) is 2.17. The van der Waals surface area contributed by atoms with E-state index in [-0.39, 0.29) is 11.7 Å². The standard InChI is InChI=1S/C9H18N2O3/c1-4(2)6(7(11)9(13)14)8(12)5(3)10/h4-7H,10-11H2,1-3H3,(H,13,14)/t5-,6-,7-/m0/s1. The molecule has 0 heterocycles. The van der Waals surface area contributed by atoms with Crippen LogP contribution in [-0.4, -0.2) is 28.9 Å². The Hall–Kier alpha value is -0.940. The molecule has 0 fully saturated rings. The van der Waals surface area contributed by atoms with Crippen molar-refractivity contribution in [3.05, 3.63) is 0 Å². The van der Waals surface area contributed by atoms with E-state index in [2.05, 4.69) is 0 Å². The first-order valence-electron chi connectivity index (χ1n) is 4.56. The van der Waals surface area contributed by atoms with Crippen molar-refractivity contribution >= 4 is 11.8 Å². The van der Waals surface area contributed by atoms with Crippen LogP contribution in [0.15, 0.2) is 0 Å². The van der Waals surface area contributed by atoms with E-state index in [1.165, 1.54) is 6.92 Å². The highest BCUT2D eigenvalue weighted by molar-refractivity contribution is 5.91. The third-order valence-electron chi connectivity index (χ3n) is 2.17. The Morgan fingerprint density at radius 3 is 1.79 bits per heavy atom. The summed E-state index contributed by atoms with van der Waals surface area (Å²) in [6, 6.07) is -1.85. The number of carboxylic acids is 1. The Morgan fingerprint density at radius 2 is 1.57 bits per heavy atom. The lowest BCUT2D eigenvalue weighted by Gasteiger charge is -2.24. The zero-order valence-electron chi connectivity index (χ0n) is 8.73. The fraction of sp³-hybridized carbons (Fsp3) is 0.778. The summed E-state index contributed by atoms with van der Waals surface area (Å²) in [5.74, 6) is -2.31. The van der Waals surface area contributed by atoms with Crippen LogP contribution in [0.1, 0.15) is 20.8 Å². The van der Waals surface area contributed by atoms with Gasteiger partial charge in [-0.15, -0.1) is 0 Å².